The third-order valence-corrected chi connectivity index (χ3v) is 5.77. The zero-order valence-corrected chi connectivity index (χ0v) is 19.5. The zero-order chi connectivity index (χ0) is 23.6. The molecule has 0 N–H and O–H groups in total. The molecule has 0 amide bonds. The van der Waals surface area contributed by atoms with Crippen LogP contribution in [0.4, 0.5) is 8.78 Å². The molecule has 0 aliphatic rings. The molecule has 174 valence electrons. The molecular weight excluding hydrogens is 418 g/mol. The van der Waals surface area contributed by atoms with E-state index in [0.29, 0.717) is 5.56 Å². The van der Waals surface area contributed by atoms with Gasteiger partial charge >= 0.3 is 5.97 Å². The lowest BCUT2D eigenvalue weighted by Crippen LogP contribution is -2.10. The Morgan fingerprint density at radius 3 is 2.24 bits per heavy atom. The SMILES string of the molecule is CCCCCCCOC(=O)c1ccc(-c2ccccc2)c(-c2ccc(CCC)cc2F)c1F. The van der Waals surface area contributed by atoms with Crippen molar-refractivity contribution in [2.24, 2.45) is 0 Å². The molecule has 3 aromatic rings. The van der Waals surface area contributed by atoms with Crippen molar-refractivity contribution in [1.29, 1.82) is 0 Å². The number of benzene rings is 3. The van der Waals surface area contributed by atoms with Crippen molar-refractivity contribution >= 4 is 5.97 Å². The van der Waals surface area contributed by atoms with Gasteiger partial charge in [0.05, 0.1) is 12.2 Å². The number of rotatable bonds is 11. The average molecular weight is 451 g/mol. The fraction of sp³-hybridized carbons (Fsp3) is 0.345. The molecule has 0 saturated carbocycles. The van der Waals surface area contributed by atoms with Gasteiger partial charge in [-0.15, -0.1) is 0 Å². The zero-order valence-electron chi connectivity index (χ0n) is 19.5. The van der Waals surface area contributed by atoms with Crippen molar-refractivity contribution in [3.8, 4) is 22.3 Å². The Labute approximate surface area is 195 Å². The van der Waals surface area contributed by atoms with Gasteiger partial charge in [0.2, 0.25) is 0 Å². The first-order valence-electron chi connectivity index (χ1n) is 11.9. The minimum atomic E-state index is -0.755. The van der Waals surface area contributed by atoms with Crippen LogP contribution < -0.4 is 0 Å². The highest BCUT2D eigenvalue weighted by Crippen LogP contribution is 2.37. The van der Waals surface area contributed by atoms with Crippen molar-refractivity contribution in [2.45, 2.75) is 58.8 Å². The summed E-state index contributed by atoms with van der Waals surface area (Å²) in [4.78, 5) is 12.7. The maximum Gasteiger partial charge on any atom is 0.341 e. The number of esters is 1. The van der Waals surface area contributed by atoms with Gasteiger partial charge < -0.3 is 4.74 Å². The molecule has 33 heavy (non-hydrogen) atoms. The summed E-state index contributed by atoms with van der Waals surface area (Å²) < 4.78 is 36.3. The van der Waals surface area contributed by atoms with Crippen LogP contribution in [0.2, 0.25) is 0 Å². The average Bonchev–Trinajstić information content (AvgIpc) is 2.82. The first-order valence-corrected chi connectivity index (χ1v) is 11.9. The second-order valence-corrected chi connectivity index (χ2v) is 8.33. The Morgan fingerprint density at radius 1 is 0.818 bits per heavy atom. The summed E-state index contributed by atoms with van der Waals surface area (Å²) in [6.45, 7) is 4.41. The Kier molecular flexibility index (Phi) is 9.17. The highest BCUT2D eigenvalue weighted by molar-refractivity contribution is 5.95. The van der Waals surface area contributed by atoms with Crippen LogP contribution in [0.25, 0.3) is 22.3 Å². The van der Waals surface area contributed by atoms with E-state index in [-0.39, 0.29) is 23.3 Å². The topological polar surface area (TPSA) is 26.3 Å². The number of carbonyl (C=O) groups is 1. The van der Waals surface area contributed by atoms with Crippen LogP contribution in [0.3, 0.4) is 0 Å². The van der Waals surface area contributed by atoms with Gasteiger partial charge in [-0.3, -0.25) is 0 Å². The van der Waals surface area contributed by atoms with Crippen molar-refractivity contribution in [3.05, 3.63) is 83.4 Å². The molecule has 0 unspecified atom stereocenters. The lowest BCUT2D eigenvalue weighted by atomic mass is 9.91. The second-order valence-electron chi connectivity index (χ2n) is 8.33. The van der Waals surface area contributed by atoms with Crippen LogP contribution >= 0.6 is 0 Å². The fourth-order valence-corrected chi connectivity index (χ4v) is 4.01. The summed E-state index contributed by atoms with van der Waals surface area (Å²) in [7, 11) is 0. The van der Waals surface area contributed by atoms with Crippen LogP contribution in [0.1, 0.15) is 68.3 Å². The predicted molar refractivity (Wildman–Crippen MR) is 130 cm³/mol. The predicted octanol–water partition coefficient (Wildman–Crippen LogP) is 8.38. The van der Waals surface area contributed by atoms with Gasteiger partial charge in [-0.25, -0.2) is 13.6 Å². The molecule has 0 bridgehead atoms. The van der Waals surface area contributed by atoms with Crippen molar-refractivity contribution in [2.75, 3.05) is 6.61 Å². The van der Waals surface area contributed by atoms with Gasteiger partial charge in [-0.1, -0.05) is 94.5 Å². The van der Waals surface area contributed by atoms with Crippen molar-refractivity contribution < 1.29 is 18.3 Å². The highest BCUT2D eigenvalue weighted by atomic mass is 19.1. The summed E-state index contributed by atoms with van der Waals surface area (Å²) in [6.07, 6.45) is 6.73. The number of aryl methyl sites for hydroxylation is 1. The molecule has 0 radical (unpaired) electrons. The number of unbranched alkanes of at least 4 members (excludes halogenated alkanes) is 4. The number of hydrogen-bond acceptors (Lipinski definition) is 2. The molecule has 0 aliphatic heterocycles. The number of halogens is 2. The largest absolute Gasteiger partial charge is 0.462 e. The third-order valence-electron chi connectivity index (χ3n) is 5.77. The minimum Gasteiger partial charge on any atom is -0.462 e. The highest BCUT2D eigenvalue weighted by Gasteiger charge is 2.23. The van der Waals surface area contributed by atoms with E-state index in [0.717, 1.165) is 56.1 Å². The quantitative estimate of drug-likeness (QED) is 0.217. The summed E-state index contributed by atoms with van der Waals surface area (Å²) in [5, 5.41) is 0. The van der Waals surface area contributed by atoms with Crippen LogP contribution in [0, 0.1) is 11.6 Å². The van der Waals surface area contributed by atoms with E-state index in [9.17, 15) is 4.79 Å². The first kappa shape index (κ1) is 24.6. The van der Waals surface area contributed by atoms with E-state index in [1.807, 2.05) is 43.3 Å². The monoisotopic (exact) mass is 450 g/mol. The Morgan fingerprint density at radius 2 is 1.55 bits per heavy atom. The molecule has 0 heterocycles. The van der Waals surface area contributed by atoms with Crippen molar-refractivity contribution in [3.63, 3.8) is 0 Å². The lowest BCUT2D eigenvalue weighted by Gasteiger charge is -2.16. The normalized spacial score (nSPS) is 10.9. The molecule has 0 aliphatic carbocycles. The molecule has 2 nitrogen and oxygen atoms in total. The molecule has 4 heteroatoms. The first-order chi connectivity index (χ1) is 16.1. The van der Waals surface area contributed by atoms with E-state index in [1.165, 1.54) is 12.1 Å². The molecular formula is C29H32F2O2. The molecule has 0 atom stereocenters. The Hall–Kier alpha value is -3.01. The van der Waals surface area contributed by atoms with Crippen LogP contribution in [-0.4, -0.2) is 12.6 Å². The van der Waals surface area contributed by atoms with E-state index in [2.05, 4.69) is 6.92 Å². The van der Waals surface area contributed by atoms with Gasteiger partial charge in [0.15, 0.2) is 0 Å². The van der Waals surface area contributed by atoms with Gasteiger partial charge in [0.25, 0.3) is 0 Å². The maximum absolute atomic E-state index is 15.8. The van der Waals surface area contributed by atoms with E-state index in [1.54, 1.807) is 12.1 Å². The van der Waals surface area contributed by atoms with Gasteiger partial charge in [-0.05, 0) is 41.7 Å². The number of hydrogen-bond donors (Lipinski definition) is 0. The number of carbonyl (C=O) groups excluding carboxylic acids is 1. The summed E-state index contributed by atoms with van der Waals surface area (Å²) >= 11 is 0. The maximum atomic E-state index is 15.8. The van der Waals surface area contributed by atoms with Gasteiger partial charge in [0, 0.05) is 11.1 Å². The van der Waals surface area contributed by atoms with Gasteiger partial charge in [-0.2, -0.15) is 0 Å². The molecule has 0 saturated heterocycles. The van der Waals surface area contributed by atoms with Crippen LogP contribution in [0.5, 0.6) is 0 Å². The summed E-state index contributed by atoms with van der Waals surface area (Å²) in [5.41, 5.74) is 2.19. The molecule has 3 aromatic carbocycles. The third kappa shape index (κ3) is 6.28. The smallest absolute Gasteiger partial charge is 0.341 e. The second kappa shape index (κ2) is 12.3. The van der Waals surface area contributed by atoms with E-state index >= 15 is 8.78 Å². The standard InChI is InChI=1S/C29H32F2O2/c1-3-5-6-7-11-19-33-29(32)25-18-17-23(22-13-9-8-10-14-22)27(28(25)31)24-16-15-21(12-4-2)20-26(24)30/h8-10,13-18,20H,3-7,11-12,19H2,1-2H3. The van der Waals surface area contributed by atoms with E-state index in [4.69, 9.17) is 4.74 Å². The van der Waals surface area contributed by atoms with E-state index < -0.39 is 17.6 Å². The minimum absolute atomic E-state index is 0.0825. The fourth-order valence-electron chi connectivity index (χ4n) is 4.01. The molecule has 3 rings (SSSR count). The molecule has 0 fully saturated rings. The van der Waals surface area contributed by atoms with Crippen molar-refractivity contribution in [1.82, 2.24) is 0 Å². The molecule has 0 spiro atoms. The Bertz CT molecular complexity index is 1060. The lowest BCUT2D eigenvalue weighted by molar-refractivity contribution is 0.0492. The summed E-state index contributed by atoms with van der Waals surface area (Å²) in [5.74, 6) is -1.97. The number of ether oxygens (including phenoxy) is 1. The van der Waals surface area contributed by atoms with Gasteiger partial charge in [0.1, 0.15) is 11.6 Å². The summed E-state index contributed by atoms with van der Waals surface area (Å²) in [6, 6.07) is 17.2. The molecule has 0 aromatic heterocycles. The van der Waals surface area contributed by atoms with Crippen LogP contribution in [-0.2, 0) is 11.2 Å². The van der Waals surface area contributed by atoms with Crippen LogP contribution in [0.15, 0.2) is 60.7 Å². The Balaban J connectivity index is 1.96.